The minimum Gasteiger partial charge on any atom is -0.351 e. The van der Waals surface area contributed by atoms with Gasteiger partial charge >= 0.3 is 0 Å². The molecule has 8 heteroatoms. The Bertz CT molecular complexity index is 1080. The molecule has 29 heavy (non-hydrogen) atoms. The van der Waals surface area contributed by atoms with Crippen LogP contribution in [0.15, 0.2) is 30.3 Å². The van der Waals surface area contributed by atoms with Crippen LogP contribution in [0.4, 0.5) is 10.2 Å². The Hall–Kier alpha value is -3.03. The Kier molecular flexibility index (Phi) is 4.22. The quantitative estimate of drug-likeness (QED) is 0.679. The van der Waals surface area contributed by atoms with Gasteiger partial charge in [0.15, 0.2) is 11.5 Å². The summed E-state index contributed by atoms with van der Waals surface area (Å²) in [5, 5.41) is 12.8. The lowest BCUT2D eigenvalue weighted by atomic mass is 9.86. The first-order chi connectivity index (χ1) is 14.0. The number of piperidine rings is 1. The Morgan fingerprint density at radius 1 is 1.14 bits per heavy atom. The predicted octanol–water partition coefficient (Wildman–Crippen LogP) is 2.30. The van der Waals surface area contributed by atoms with E-state index in [1.54, 1.807) is 17.5 Å². The fourth-order valence-electron chi connectivity index (χ4n) is 4.43. The first-order valence-corrected chi connectivity index (χ1v) is 10.00. The zero-order valence-corrected chi connectivity index (χ0v) is 16.5. The molecule has 3 aromatic rings. The highest BCUT2D eigenvalue weighted by Crippen LogP contribution is 2.34. The van der Waals surface area contributed by atoms with Gasteiger partial charge in [0.25, 0.3) is 0 Å². The van der Waals surface area contributed by atoms with Crippen LogP contribution in [-0.2, 0) is 11.2 Å². The van der Waals surface area contributed by atoms with Crippen molar-refractivity contribution in [3.05, 3.63) is 53.1 Å². The molecular weight excluding hydrogens is 371 g/mol. The monoisotopic (exact) mass is 394 g/mol. The van der Waals surface area contributed by atoms with E-state index < -0.39 is 0 Å². The van der Waals surface area contributed by atoms with Gasteiger partial charge in [-0.2, -0.15) is 4.52 Å². The van der Waals surface area contributed by atoms with Crippen LogP contribution in [0, 0.1) is 19.7 Å². The van der Waals surface area contributed by atoms with Gasteiger partial charge < -0.3 is 9.80 Å². The number of anilines is 1. The summed E-state index contributed by atoms with van der Waals surface area (Å²) in [5.41, 5.74) is 2.24. The molecule has 2 bridgehead atoms. The van der Waals surface area contributed by atoms with E-state index in [0.717, 1.165) is 42.4 Å². The number of aryl methyl sites for hydroxylation is 3. The van der Waals surface area contributed by atoms with E-state index in [1.165, 1.54) is 6.07 Å². The number of nitrogens with zero attached hydrogens (tertiary/aromatic N) is 6. The average Bonchev–Trinajstić information content (AvgIpc) is 3.09. The minimum absolute atomic E-state index is 0.157. The van der Waals surface area contributed by atoms with Crippen LogP contribution in [0.5, 0.6) is 0 Å². The van der Waals surface area contributed by atoms with Gasteiger partial charge in [0, 0.05) is 19.5 Å². The number of aromatic nitrogens is 4. The normalized spacial score (nSPS) is 20.8. The number of amides is 1. The zero-order valence-electron chi connectivity index (χ0n) is 16.5. The number of fused-ring (bicyclic) bond motifs is 3. The number of hydrogen-bond acceptors (Lipinski definition) is 5. The van der Waals surface area contributed by atoms with E-state index in [0.29, 0.717) is 18.4 Å². The Morgan fingerprint density at radius 2 is 1.93 bits per heavy atom. The zero-order chi connectivity index (χ0) is 20.1. The lowest BCUT2D eigenvalue weighted by Gasteiger charge is -2.56. The van der Waals surface area contributed by atoms with Crippen LogP contribution < -0.4 is 4.90 Å². The molecule has 3 aliphatic heterocycles. The number of carbonyl (C=O) groups is 1. The van der Waals surface area contributed by atoms with Crippen LogP contribution in [0.2, 0.25) is 0 Å². The molecule has 3 saturated heterocycles. The highest BCUT2D eigenvalue weighted by Gasteiger charge is 2.47. The summed E-state index contributed by atoms with van der Waals surface area (Å²) < 4.78 is 15.5. The van der Waals surface area contributed by atoms with Gasteiger partial charge in [0.05, 0.1) is 12.1 Å². The van der Waals surface area contributed by atoms with Gasteiger partial charge in [-0.05, 0) is 56.0 Å². The largest absolute Gasteiger partial charge is 0.351 e. The van der Waals surface area contributed by atoms with Crippen molar-refractivity contribution in [1.29, 1.82) is 0 Å². The SMILES string of the molecule is Cc1ccc(CCC(=O)N2C3CC2CN(c2ccc4nnc(C)n4n2)C3)cc1F. The molecule has 0 aliphatic carbocycles. The maximum atomic E-state index is 13.7. The number of carbonyl (C=O) groups excluding carboxylic acids is 1. The second-order valence-corrected chi connectivity index (χ2v) is 8.04. The van der Waals surface area contributed by atoms with E-state index >= 15 is 0 Å². The van der Waals surface area contributed by atoms with Gasteiger partial charge in [-0.3, -0.25) is 4.79 Å². The summed E-state index contributed by atoms with van der Waals surface area (Å²) >= 11 is 0. The molecule has 3 aliphatic rings. The van der Waals surface area contributed by atoms with Gasteiger partial charge in [0.1, 0.15) is 11.6 Å². The molecule has 6 rings (SSSR count). The van der Waals surface area contributed by atoms with Crippen LogP contribution >= 0.6 is 0 Å². The smallest absolute Gasteiger partial charge is 0.223 e. The first-order valence-electron chi connectivity index (χ1n) is 10.00. The van der Waals surface area contributed by atoms with E-state index in [1.807, 2.05) is 30.0 Å². The van der Waals surface area contributed by atoms with E-state index in [-0.39, 0.29) is 23.8 Å². The average molecular weight is 394 g/mol. The van der Waals surface area contributed by atoms with E-state index in [9.17, 15) is 9.18 Å². The van der Waals surface area contributed by atoms with Crippen LogP contribution in [0.3, 0.4) is 0 Å². The molecule has 0 N–H and O–H groups in total. The summed E-state index contributed by atoms with van der Waals surface area (Å²) in [4.78, 5) is 17.0. The molecule has 2 unspecified atom stereocenters. The van der Waals surface area contributed by atoms with Gasteiger partial charge in [-0.15, -0.1) is 15.3 Å². The van der Waals surface area contributed by atoms with Crippen molar-refractivity contribution in [2.24, 2.45) is 0 Å². The van der Waals surface area contributed by atoms with Crippen molar-refractivity contribution >= 4 is 17.4 Å². The second kappa shape index (κ2) is 6.79. The molecule has 150 valence electrons. The second-order valence-electron chi connectivity index (χ2n) is 8.04. The summed E-state index contributed by atoms with van der Waals surface area (Å²) in [7, 11) is 0. The third-order valence-electron chi connectivity index (χ3n) is 6.07. The third kappa shape index (κ3) is 3.12. The predicted molar refractivity (Wildman–Crippen MR) is 106 cm³/mol. The van der Waals surface area contributed by atoms with Crippen LogP contribution in [0.1, 0.15) is 29.8 Å². The van der Waals surface area contributed by atoms with Gasteiger partial charge in [-0.1, -0.05) is 12.1 Å². The lowest BCUT2D eigenvalue weighted by molar-refractivity contribution is -0.146. The van der Waals surface area contributed by atoms with Crippen LogP contribution in [0.25, 0.3) is 5.65 Å². The van der Waals surface area contributed by atoms with Gasteiger partial charge in [-0.25, -0.2) is 4.39 Å². The highest BCUT2D eigenvalue weighted by molar-refractivity contribution is 5.78. The van der Waals surface area contributed by atoms with Crippen molar-refractivity contribution in [2.75, 3.05) is 18.0 Å². The molecule has 1 aromatic carbocycles. The Labute approximate surface area is 168 Å². The number of hydrogen-bond donors (Lipinski definition) is 0. The molecule has 2 atom stereocenters. The molecule has 0 saturated carbocycles. The first kappa shape index (κ1) is 18.0. The molecule has 7 nitrogen and oxygen atoms in total. The number of halogens is 1. The Morgan fingerprint density at radius 3 is 2.69 bits per heavy atom. The molecule has 0 spiro atoms. The molecule has 1 amide bonds. The standard InChI is InChI=1S/C21H23FN6O/c1-13-3-4-15(9-18(13)22)5-8-21(29)27-16-10-17(27)12-26(11-16)20-7-6-19-24-23-14(2)28(19)25-20/h3-4,6-7,9,16-17H,5,8,10-12H2,1-2H3. The van der Waals surface area contributed by atoms with Crippen molar-refractivity contribution in [3.8, 4) is 0 Å². The number of rotatable bonds is 4. The van der Waals surface area contributed by atoms with Crippen molar-refractivity contribution in [2.45, 2.75) is 45.2 Å². The summed E-state index contributed by atoms with van der Waals surface area (Å²) in [6, 6.07) is 9.53. The van der Waals surface area contributed by atoms with E-state index in [2.05, 4.69) is 20.2 Å². The molecule has 3 fully saturated rings. The van der Waals surface area contributed by atoms with Crippen molar-refractivity contribution in [1.82, 2.24) is 24.7 Å². The topological polar surface area (TPSA) is 66.6 Å². The minimum atomic E-state index is -0.209. The van der Waals surface area contributed by atoms with E-state index in [4.69, 9.17) is 0 Å². The maximum Gasteiger partial charge on any atom is 0.223 e. The third-order valence-corrected chi connectivity index (χ3v) is 6.07. The van der Waals surface area contributed by atoms with Crippen molar-refractivity contribution < 1.29 is 9.18 Å². The summed E-state index contributed by atoms with van der Waals surface area (Å²) in [6.07, 6.45) is 2.02. The number of piperazine rings is 1. The highest BCUT2D eigenvalue weighted by atomic mass is 19.1. The summed E-state index contributed by atoms with van der Waals surface area (Å²) in [5.74, 6) is 1.59. The van der Waals surface area contributed by atoms with Crippen LogP contribution in [-0.4, -0.2) is 55.8 Å². The molecular formula is C21H23FN6O. The molecule has 2 aromatic heterocycles. The van der Waals surface area contributed by atoms with Gasteiger partial charge in [0.2, 0.25) is 5.91 Å². The van der Waals surface area contributed by atoms with Crippen molar-refractivity contribution in [3.63, 3.8) is 0 Å². The fraction of sp³-hybridized carbons (Fsp3) is 0.429. The molecule has 0 radical (unpaired) electrons. The number of benzene rings is 1. The lowest BCUT2D eigenvalue weighted by Crippen LogP contribution is -2.70. The molecule has 5 heterocycles. The summed E-state index contributed by atoms with van der Waals surface area (Å²) in [6.45, 7) is 5.18. The Balaban J connectivity index is 1.23. The fourth-order valence-corrected chi connectivity index (χ4v) is 4.43. The maximum absolute atomic E-state index is 13.7.